The van der Waals surface area contributed by atoms with Crippen LogP contribution in [-0.4, -0.2) is 24.5 Å². The van der Waals surface area contributed by atoms with Gasteiger partial charge >= 0.3 is 0 Å². The van der Waals surface area contributed by atoms with Crippen molar-refractivity contribution in [1.29, 1.82) is 0 Å². The van der Waals surface area contributed by atoms with Crippen molar-refractivity contribution in [1.82, 2.24) is 5.32 Å². The van der Waals surface area contributed by atoms with Gasteiger partial charge in [-0.1, -0.05) is 23.7 Å². The molecule has 2 aromatic carbocycles. The Morgan fingerprint density at radius 1 is 1.13 bits per heavy atom. The van der Waals surface area contributed by atoms with Crippen molar-refractivity contribution >= 4 is 23.4 Å². The van der Waals surface area contributed by atoms with Crippen LogP contribution < -0.4 is 15.8 Å². The summed E-state index contributed by atoms with van der Waals surface area (Å²) in [5.41, 5.74) is 5.96. The van der Waals surface area contributed by atoms with Gasteiger partial charge in [0.25, 0.3) is 5.91 Å². The quantitative estimate of drug-likeness (QED) is 0.853. The largest absolute Gasteiger partial charge is 0.487 e. The molecule has 1 atom stereocenters. The summed E-state index contributed by atoms with van der Waals surface area (Å²) in [5.74, 6) is -0.212. The third-order valence-electron chi connectivity index (χ3n) is 3.15. The van der Waals surface area contributed by atoms with Crippen LogP contribution in [0.1, 0.15) is 27.6 Å². The zero-order chi connectivity index (χ0) is 16.8. The predicted molar refractivity (Wildman–Crippen MR) is 88.8 cm³/mol. The number of primary amides is 1. The lowest BCUT2D eigenvalue weighted by atomic mass is 10.1. The lowest BCUT2D eigenvalue weighted by molar-refractivity contribution is 0.0930. The third-order valence-corrected chi connectivity index (χ3v) is 3.46. The van der Waals surface area contributed by atoms with Crippen LogP contribution >= 0.6 is 11.6 Å². The first kappa shape index (κ1) is 16.8. The van der Waals surface area contributed by atoms with Gasteiger partial charge in [-0.2, -0.15) is 0 Å². The molecule has 0 aliphatic rings. The topological polar surface area (TPSA) is 81.4 Å². The highest BCUT2D eigenvalue weighted by atomic mass is 35.5. The summed E-state index contributed by atoms with van der Waals surface area (Å²) in [6, 6.07) is 13.3. The van der Waals surface area contributed by atoms with Gasteiger partial charge in [-0.25, -0.2) is 0 Å². The fraction of sp³-hybridized carbons (Fsp3) is 0.176. The molecular weight excluding hydrogens is 316 g/mol. The number of carbonyl (C=O) groups excluding carboxylic acids is 2. The zero-order valence-electron chi connectivity index (χ0n) is 12.6. The van der Waals surface area contributed by atoms with Gasteiger partial charge in [-0.15, -0.1) is 0 Å². The summed E-state index contributed by atoms with van der Waals surface area (Å²) in [6.45, 7) is 2.15. The smallest absolute Gasteiger partial charge is 0.251 e. The molecule has 2 amide bonds. The monoisotopic (exact) mass is 332 g/mol. The van der Waals surface area contributed by atoms with Crippen molar-refractivity contribution in [2.45, 2.75) is 13.0 Å². The second kappa shape index (κ2) is 7.65. The van der Waals surface area contributed by atoms with E-state index in [9.17, 15) is 9.59 Å². The molecule has 0 unspecified atom stereocenters. The SMILES string of the molecule is C[C@H](CNC(=O)c1ccc(C(N)=O)cc1)Oc1ccccc1Cl. The van der Waals surface area contributed by atoms with Crippen LogP contribution in [0.4, 0.5) is 0 Å². The highest BCUT2D eigenvalue weighted by Gasteiger charge is 2.11. The summed E-state index contributed by atoms with van der Waals surface area (Å²) < 4.78 is 5.67. The van der Waals surface area contributed by atoms with Crippen molar-refractivity contribution in [3.8, 4) is 5.75 Å². The summed E-state index contributed by atoms with van der Waals surface area (Å²) in [4.78, 5) is 23.0. The lowest BCUT2D eigenvalue weighted by Crippen LogP contribution is -2.33. The molecule has 3 N–H and O–H groups in total. The zero-order valence-corrected chi connectivity index (χ0v) is 13.3. The Labute approximate surface area is 139 Å². The summed E-state index contributed by atoms with van der Waals surface area (Å²) >= 11 is 6.02. The molecule has 0 aromatic heterocycles. The molecule has 6 heteroatoms. The number of hydrogen-bond acceptors (Lipinski definition) is 3. The number of rotatable bonds is 6. The first-order valence-electron chi connectivity index (χ1n) is 7.06. The van der Waals surface area contributed by atoms with Crippen LogP contribution in [0.3, 0.4) is 0 Å². The number of nitrogens with one attached hydrogen (secondary N) is 1. The minimum Gasteiger partial charge on any atom is -0.487 e. The highest BCUT2D eigenvalue weighted by molar-refractivity contribution is 6.32. The number of nitrogens with two attached hydrogens (primary N) is 1. The number of carbonyl (C=O) groups is 2. The van der Waals surface area contributed by atoms with Crippen molar-refractivity contribution in [2.75, 3.05) is 6.54 Å². The Morgan fingerprint density at radius 2 is 1.74 bits per heavy atom. The molecule has 0 bridgehead atoms. The van der Waals surface area contributed by atoms with Crippen molar-refractivity contribution in [2.24, 2.45) is 5.73 Å². The summed E-state index contributed by atoms with van der Waals surface area (Å²) in [6.07, 6.45) is -0.247. The number of ether oxygens (including phenoxy) is 1. The van der Waals surface area contributed by atoms with Gasteiger partial charge in [0.2, 0.25) is 5.91 Å². The van der Waals surface area contributed by atoms with E-state index in [1.807, 2.05) is 19.1 Å². The number of amides is 2. The average Bonchev–Trinajstić information content (AvgIpc) is 2.55. The summed E-state index contributed by atoms with van der Waals surface area (Å²) in [5, 5.41) is 3.28. The van der Waals surface area contributed by atoms with E-state index in [4.69, 9.17) is 22.1 Å². The van der Waals surface area contributed by atoms with Gasteiger partial charge in [0.05, 0.1) is 11.6 Å². The summed E-state index contributed by atoms with van der Waals surface area (Å²) in [7, 11) is 0. The fourth-order valence-corrected chi connectivity index (χ4v) is 2.10. The molecule has 0 fully saturated rings. The Balaban J connectivity index is 1.88. The number of benzene rings is 2. The van der Waals surface area contributed by atoms with Gasteiger partial charge in [-0.3, -0.25) is 9.59 Å². The van der Waals surface area contributed by atoms with Gasteiger partial charge in [-0.05, 0) is 43.3 Å². The maximum atomic E-state index is 12.0. The molecule has 120 valence electrons. The van der Waals surface area contributed by atoms with Crippen LogP contribution in [0.15, 0.2) is 48.5 Å². The van der Waals surface area contributed by atoms with Crippen LogP contribution in [0.5, 0.6) is 5.75 Å². The van der Waals surface area contributed by atoms with Gasteiger partial charge in [0.1, 0.15) is 11.9 Å². The number of para-hydroxylation sites is 1. The van der Waals surface area contributed by atoms with Crippen molar-refractivity contribution in [3.63, 3.8) is 0 Å². The Bertz CT molecular complexity index is 701. The van der Waals surface area contributed by atoms with Gasteiger partial charge < -0.3 is 15.8 Å². The molecule has 0 aliphatic carbocycles. The standard InChI is InChI=1S/C17H17ClN2O3/c1-11(23-15-5-3-2-4-14(15)18)10-20-17(22)13-8-6-12(7-9-13)16(19)21/h2-9,11H,10H2,1H3,(H2,19,21)(H,20,22)/t11-/m1/s1. The maximum absolute atomic E-state index is 12.0. The number of hydrogen-bond donors (Lipinski definition) is 2. The molecule has 0 radical (unpaired) electrons. The van der Waals surface area contributed by atoms with E-state index in [2.05, 4.69) is 5.32 Å². The normalized spacial score (nSPS) is 11.6. The Morgan fingerprint density at radius 3 is 2.35 bits per heavy atom. The van der Waals surface area contributed by atoms with E-state index in [0.29, 0.717) is 28.4 Å². The maximum Gasteiger partial charge on any atom is 0.251 e. The van der Waals surface area contributed by atoms with Crippen LogP contribution in [-0.2, 0) is 0 Å². The molecule has 0 spiro atoms. The molecule has 23 heavy (non-hydrogen) atoms. The van der Waals surface area contributed by atoms with Crippen LogP contribution in [0.2, 0.25) is 5.02 Å². The molecule has 5 nitrogen and oxygen atoms in total. The highest BCUT2D eigenvalue weighted by Crippen LogP contribution is 2.24. The second-order valence-corrected chi connectivity index (χ2v) is 5.42. The molecule has 0 aliphatic heterocycles. The minimum absolute atomic E-state index is 0.247. The third kappa shape index (κ3) is 4.72. The molecule has 0 heterocycles. The lowest BCUT2D eigenvalue weighted by Gasteiger charge is -2.16. The van der Waals surface area contributed by atoms with E-state index in [-0.39, 0.29) is 12.0 Å². The van der Waals surface area contributed by atoms with E-state index in [0.717, 1.165) is 0 Å². The molecular formula is C17H17ClN2O3. The average molecular weight is 333 g/mol. The van der Waals surface area contributed by atoms with Gasteiger partial charge in [0, 0.05) is 11.1 Å². The van der Waals surface area contributed by atoms with Crippen LogP contribution in [0.25, 0.3) is 0 Å². The molecule has 2 aromatic rings. The Kier molecular flexibility index (Phi) is 5.60. The molecule has 2 rings (SSSR count). The number of halogens is 1. The molecule has 0 saturated carbocycles. The van der Waals surface area contributed by atoms with E-state index < -0.39 is 5.91 Å². The van der Waals surface area contributed by atoms with Crippen LogP contribution in [0, 0.1) is 0 Å². The Hall–Kier alpha value is -2.53. The van der Waals surface area contributed by atoms with Crippen molar-refractivity contribution in [3.05, 3.63) is 64.7 Å². The fourth-order valence-electron chi connectivity index (χ4n) is 1.92. The first-order valence-corrected chi connectivity index (χ1v) is 7.44. The molecule has 0 saturated heterocycles. The van der Waals surface area contributed by atoms with E-state index >= 15 is 0 Å². The van der Waals surface area contributed by atoms with E-state index in [1.165, 1.54) is 12.1 Å². The second-order valence-electron chi connectivity index (χ2n) is 5.01. The minimum atomic E-state index is -0.529. The first-order chi connectivity index (χ1) is 11.0. The van der Waals surface area contributed by atoms with E-state index in [1.54, 1.807) is 24.3 Å². The van der Waals surface area contributed by atoms with Crippen molar-refractivity contribution < 1.29 is 14.3 Å². The predicted octanol–water partition coefficient (Wildman–Crippen LogP) is 2.64. The van der Waals surface area contributed by atoms with Gasteiger partial charge in [0.15, 0.2) is 0 Å².